The van der Waals surface area contributed by atoms with Crippen LogP contribution in [0.3, 0.4) is 0 Å². The van der Waals surface area contributed by atoms with Gasteiger partial charge in [-0.1, -0.05) is 0 Å². The van der Waals surface area contributed by atoms with E-state index in [0.717, 1.165) is 0 Å². The number of hydrogen-bond donors (Lipinski definition) is 6. The summed E-state index contributed by atoms with van der Waals surface area (Å²) in [5, 5.41) is 12.1. The van der Waals surface area contributed by atoms with Crippen molar-refractivity contribution in [2.24, 2.45) is 22.9 Å². The van der Waals surface area contributed by atoms with Crippen molar-refractivity contribution in [2.75, 3.05) is 0 Å². The van der Waals surface area contributed by atoms with Crippen LogP contribution in [0.2, 0.25) is 0 Å². The van der Waals surface area contributed by atoms with Crippen LogP contribution in [0.25, 0.3) is 0 Å². The van der Waals surface area contributed by atoms with E-state index in [1.54, 1.807) is 0 Å². The second kappa shape index (κ2) is 27.6. The van der Waals surface area contributed by atoms with Gasteiger partial charge < -0.3 is 68.5 Å². The number of guanidine groups is 2. The molecular formula is C2H10N6O20S5V2-10. The van der Waals surface area contributed by atoms with Crippen LogP contribution in [0, 0.1) is 10.8 Å². The van der Waals surface area contributed by atoms with Gasteiger partial charge in [-0.15, -0.1) is 0 Å². The third-order valence-electron chi connectivity index (χ3n) is 0. The van der Waals surface area contributed by atoms with Crippen LogP contribution in [-0.2, 0) is 89.1 Å². The fourth-order valence-corrected chi connectivity index (χ4v) is 0. The summed E-state index contributed by atoms with van der Waals surface area (Å²) in [7, 11) is -25.8. The Morgan fingerprint density at radius 3 is 0.371 bits per heavy atom. The fourth-order valence-electron chi connectivity index (χ4n) is 0. The molecule has 0 saturated heterocycles. The van der Waals surface area contributed by atoms with Gasteiger partial charge in [-0.3, -0.25) is 52.9 Å². The molecule has 0 aromatic carbocycles. The summed E-state index contributed by atoms with van der Waals surface area (Å²) >= 11 is 0. The van der Waals surface area contributed by atoms with Gasteiger partial charge >= 0.3 is 0 Å². The SMILES string of the molecule is N=C(N)N.N=C(N)N.O=S(=O)([O-])[O-].O=S(=O)([O-])[O-].O=S(=O)([O-])[O-].O=S(=O)([O-])[O-].O=S(=O)([O-])[O-].[V].[V]. The van der Waals surface area contributed by atoms with Crippen molar-refractivity contribution in [1.82, 2.24) is 0 Å². The van der Waals surface area contributed by atoms with E-state index < -0.39 is 52.0 Å². The first kappa shape index (κ1) is 59.3. The monoisotopic (exact) mass is 700 g/mol. The van der Waals surface area contributed by atoms with Crippen molar-refractivity contribution in [3.05, 3.63) is 0 Å². The molecule has 0 spiro atoms. The predicted octanol–water partition coefficient (Wildman–Crippen LogP) is -9.02. The summed E-state index contributed by atoms with van der Waals surface area (Å²) in [6, 6.07) is 0. The molecule has 35 heavy (non-hydrogen) atoms. The Kier molecular flexibility index (Phi) is 46.8. The minimum atomic E-state index is -5.17. The van der Waals surface area contributed by atoms with Crippen LogP contribution in [0.5, 0.6) is 0 Å². The van der Waals surface area contributed by atoms with E-state index in [2.05, 4.69) is 22.9 Å². The number of hydrogen-bond acceptors (Lipinski definition) is 22. The molecule has 0 amide bonds. The Morgan fingerprint density at radius 1 is 0.371 bits per heavy atom. The van der Waals surface area contributed by atoms with Gasteiger partial charge in [0.2, 0.25) is 0 Å². The molecule has 33 heteroatoms. The molecule has 2 radical (unpaired) electrons. The summed E-state index contributed by atoms with van der Waals surface area (Å²) in [5.74, 6) is -0.667. The van der Waals surface area contributed by atoms with Crippen LogP contribution in [0.4, 0.5) is 0 Å². The van der Waals surface area contributed by atoms with Crippen molar-refractivity contribution < 1.29 is 125 Å². The molecule has 0 heterocycles. The topological polar surface area (TPSA) is 553 Å². The Bertz CT molecular complexity index is 811. The summed E-state index contributed by atoms with van der Waals surface area (Å²) in [6.45, 7) is 0. The molecule has 0 bridgehead atoms. The molecule has 10 N–H and O–H groups in total. The first-order valence-electron chi connectivity index (χ1n) is 4.99. The Hall–Kier alpha value is -0.941. The van der Waals surface area contributed by atoms with Gasteiger partial charge in [-0.25, -0.2) is 0 Å². The summed E-state index contributed by atoms with van der Waals surface area (Å²) in [4.78, 5) is 0. The Labute approximate surface area is 221 Å². The van der Waals surface area contributed by atoms with Crippen LogP contribution < -0.4 is 22.9 Å². The van der Waals surface area contributed by atoms with E-state index in [1.807, 2.05) is 0 Å². The second-order valence-corrected chi connectivity index (χ2v) is 7.03. The van der Waals surface area contributed by atoms with Crippen molar-refractivity contribution in [1.29, 1.82) is 10.8 Å². The van der Waals surface area contributed by atoms with Crippen molar-refractivity contribution in [3.63, 3.8) is 0 Å². The largest absolute Gasteiger partial charge is 0.759 e. The average molecular weight is 700 g/mol. The molecule has 218 valence electrons. The minimum absolute atomic E-state index is 0. The quantitative estimate of drug-likeness (QED) is 0.0591. The van der Waals surface area contributed by atoms with E-state index in [4.69, 9.17) is 98.4 Å². The number of rotatable bonds is 0. The zero-order valence-corrected chi connectivity index (χ0v) is 22.3. The fraction of sp³-hybridized carbons (Fsp3) is 0. The molecule has 0 aromatic rings. The normalized spacial score (nSPS) is 9.66. The third-order valence-corrected chi connectivity index (χ3v) is 0. The van der Waals surface area contributed by atoms with E-state index in [0.29, 0.717) is 0 Å². The molecule has 0 unspecified atom stereocenters. The van der Waals surface area contributed by atoms with E-state index in [-0.39, 0.29) is 49.0 Å². The van der Waals surface area contributed by atoms with E-state index in [1.165, 1.54) is 0 Å². The van der Waals surface area contributed by atoms with Gasteiger partial charge in [0.25, 0.3) is 0 Å². The number of nitrogens with two attached hydrogens (primary N) is 4. The summed E-state index contributed by atoms with van der Waals surface area (Å²) in [6.07, 6.45) is 0. The van der Waals surface area contributed by atoms with Gasteiger partial charge in [-0.05, 0) is 0 Å². The molecule has 0 aromatic heterocycles. The van der Waals surface area contributed by atoms with Crippen LogP contribution in [0.1, 0.15) is 0 Å². The van der Waals surface area contributed by atoms with Gasteiger partial charge in [0.05, 0.1) is 0 Å². The zero-order valence-electron chi connectivity index (χ0n) is 15.4. The molecule has 0 aliphatic heterocycles. The zero-order chi connectivity index (χ0) is 29.7. The Balaban J connectivity index is -0.0000000320. The van der Waals surface area contributed by atoms with Crippen LogP contribution in [0.15, 0.2) is 0 Å². The maximum absolute atomic E-state index is 8.52. The van der Waals surface area contributed by atoms with Crippen molar-refractivity contribution in [3.8, 4) is 0 Å². The van der Waals surface area contributed by atoms with Crippen molar-refractivity contribution in [2.45, 2.75) is 0 Å². The first-order chi connectivity index (χ1) is 13.5. The molecule has 0 rings (SSSR count). The van der Waals surface area contributed by atoms with Gasteiger partial charge in [0, 0.05) is 89.1 Å². The van der Waals surface area contributed by atoms with Crippen molar-refractivity contribution >= 4 is 63.9 Å². The molecule has 0 saturated carbocycles. The predicted molar refractivity (Wildman–Crippen MR) is 84.6 cm³/mol. The summed E-state index contributed by atoms with van der Waals surface area (Å²) in [5.41, 5.74) is 17.9. The molecule has 0 aliphatic carbocycles. The van der Waals surface area contributed by atoms with Gasteiger partial charge in [-0.2, -0.15) is 0 Å². The minimum Gasteiger partial charge on any atom is -0.759 e. The molecular weight excluding hydrogens is 690 g/mol. The third kappa shape index (κ3) is 36000. The second-order valence-electron chi connectivity index (χ2n) is 2.95. The van der Waals surface area contributed by atoms with E-state index >= 15 is 0 Å². The van der Waals surface area contributed by atoms with Gasteiger partial charge in [0.1, 0.15) is 0 Å². The van der Waals surface area contributed by atoms with Gasteiger partial charge in [0.15, 0.2) is 11.9 Å². The average Bonchev–Trinajstić information content (AvgIpc) is 2.10. The molecule has 0 aliphatic rings. The first-order valence-corrected chi connectivity index (χ1v) is 11.7. The maximum Gasteiger partial charge on any atom is 0.183 e. The standard InChI is InChI=1S/2CH5N3.5H2O4S.2V/c2*2-1(3)4;5*1-5(2,3)4;;/h2*(H5,2,3,4);5*(H2,1,2,3,4);;/p-10. The van der Waals surface area contributed by atoms with Crippen LogP contribution >= 0.6 is 0 Å². The van der Waals surface area contributed by atoms with Crippen LogP contribution in [-0.4, -0.2) is 99.5 Å². The molecule has 0 fully saturated rings. The number of nitrogens with one attached hydrogen (secondary N) is 2. The smallest absolute Gasteiger partial charge is 0.183 e. The maximum atomic E-state index is 8.52. The molecule has 0 atom stereocenters. The molecule has 26 nitrogen and oxygen atoms in total. The van der Waals surface area contributed by atoms with E-state index in [9.17, 15) is 0 Å². The summed E-state index contributed by atoms with van der Waals surface area (Å²) < 4.78 is 170. The Morgan fingerprint density at radius 2 is 0.371 bits per heavy atom.